The Morgan fingerprint density at radius 1 is 1.00 bits per heavy atom. The summed E-state index contributed by atoms with van der Waals surface area (Å²) in [4.78, 5) is 23.6. The Kier molecular flexibility index (Phi) is 6.69. The van der Waals surface area contributed by atoms with Crippen molar-refractivity contribution in [2.24, 2.45) is 0 Å². The van der Waals surface area contributed by atoms with Gasteiger partial charge >= 0.3 is 11.9 Å². The van der Waals surface area contributed by atoms with Gasteiger partial charge in [0.1, 0.15) is 0 Å². The Morgan fingerprint density at radius 2 is 1.59 bits per heavy atom. The summed E-state index contributed by atoms with van der Waals surface area (Å²) < 4.78 is 36.7. The van der Waals surface area contributed by atoms with Crippen molar-refractivity contribution >= 4 is 50.9 Å². The lowest BCUT2D eigenvalue weighted by atomic mass is 10.1. The summed E-state index contributed by atoms with van der Waals surface area (Å²) in [5.41, 5.74) is 0.0580. The number of methoxy groups -OCH3 is 2. The van der Waals surface area contributed by atoms with E-state index in [0.717, 1.165) is 7.11 Å². The fraction of sp³-hybridized carbons (Fsp3) is 0.176. The second-order valence-electron chi connectivity index (χ2n) is 5.30. The highest BCUT2D eigenvalue weighted by Gasteiger charge is 2.22. The third-order valence-electron chi connectivity index (χ3n) is 3.51. The van der Waals surface area contributed by atoms with E-state index in [1.807, 2.05) is 0 Å². The van der Waals surface area contributed by atoms with E-state index in [-0.39, 0.29) is 32.4 Å². The van der Waals surface area contributed by atoms with Crippen LogP contribution in [-0.2, 0) is 25.2 Å². The molecule has 0 spiro atoms. The van der Waals surface area contributed by atoms with Crippen molar-refractivity contribution < 1.29 is 27.5 Å². The summed E-state index contributed by atoms with van der Waals surface area (Å²) >= 11 is 12.0. The first-order chi connectivity index (χ1) is 12.7. The van der Waals surface area contributed by atoms with Gasteiger partial charge in [-0.1, -0.05) is 29.3 Å². The van der Waals surface area contributed by atoms with Crippen LogP contribution in [0.5, 0.6) is 0 Å². The van der Waals surface area contributed by atoms with Crippen LogP contribution in [0.15, 0.2) is 36.4 Å². The molecule has 0 saturated heterocycles. The summed E-state index contributed by atoms with van der Waals surface area (Å²) in [6, 6.07) is 8.37. The van der Waals surface area contributed by atoms with E-state index in [2.05, 4.69) is 14.2 Å². The van der Waals surface area contributed by atoms with Crippen LogP contribution in [0.2, 0.25) is 10.0 Å². The first kappa shape index (κ1) is 21.0. The van der Waals surface area contributed by atoms with Gasteiger partial charge in [-0.05, 0) is 30.3 Å². The number of hydrogen-bond donors (Lipinski definition) is 1. The van der Waals surface area contributed by atoms with Crippen molar-refractivity contribution in [3.05, 3.63) is 63.1 Å². The number of esters is 2. The van der Waals surface area contributed by atoms with Crippen LogP contribution in [0, 0.1) is 0 Å². The largest absolute Gasteiger partial charge is 0.465 e. The van der Waals surface area contributed by atoms with Gasteiger partial charge in [0, 0.05) is 15.6 Å². The maximum Gasteiger partial charge on any atom is 0.339 e. The summed E-state index contributed by atoms with van der Waals surface area (Å²) in [5, 5.41) is 0.369. The number of carbonyl (C=O) groups excluding carboxylic acids is 2. The minimum atomic E-state index is -4.02. The molecule has 2 rings (SSSR count). The average Bonchev–Trinajstić information content (AvgIpc) is 2.63. The van der Waals surface area contributed by atoms with E-state index in [0.29, 0.717) is 0 Å². The standard InChI is InChI=1S/C17H15Cl2NO6S/c1-25-16(21)10-6-7-11(17(22)26-2)15(8-10)20-27(23,24)9-12-13(18)4-3-5-14(12)19/h3-8,20H,9H2,1-2H3. The molecule has 0 bridgehead atoms. The lowest BCUT2D eigenvalue weighted by Gasteiger charge is -2.14. The molecule has 1 N–H and O–H groups in total. The summed E-state index contributed by atoms with van der Waals surface area (Å²) in [7, 11) is -1.69. The highest BCUT2D eigenvalue weighted by Crippen LogP contribution is 2.28. The second-order valence-corrected chi connectivity index (χ2v) is 7.84. The molecule has 0 aliphatic carbocycles. The quantitative estimate of drug-likeness (QED) is 0.702. The van der Waals surface area contributed by atoms with Crippen LogP contribution >= 0.6 is 23.2 Å². The van der Waals surface area contributed by atoms with Gasteiger partial charge in [-0.25, -0.2) is 18.0 Å². The van der Waals surface area contributed by atoms with Gasteiger partial charge < -0.3 is 9.47 Å². The van der Waals surface area contributed by atoms with E-state index in [4.69, 9.17) is 23.2 Å². The number of benzene rings is 2. The SMILES string of the molecule is COC(=O)c1ccc(C(=O)OC)c(NS(=O)(=O)Cc2c(Cl)cccc2Cl)c1. The fourth-order valence-corrected chi connectivity index (χ4v) is 4.18. The minimum absolute atomic E-state index is 0.0543. The number of sulfonamides is 1. The molecule has 2 aromatic rings. The zero-order chi connectivity index (χ0) is 20.2. The smallest absolute Gasteiger partial charge is 0.339 e. The minimum Gasteiger partial charge on any atom is -0.465 e. The van der Waals surface area contributed by atoms with E-state index in [1.54, 1.807) is 6.07 Å². The van der Waals surface area contributed by atoms with Crippen LogP contribution < -0.4 is 4.72 Å². The number of nitrogens with one attached hydrogen (secondary N) is 1. The maximum atomic E-state index is 12.6. The molecule has 2 aromatic carbocycles. The van der Waals surface area contributed by atoms with Crippen LogP contribution in [0.3, 0.4) is 0 Å². The number of ether oxygens (including phenoxy) is 2. The Balaban J connectivity index is 2.43. The first-order valence-electron chi connectivity index (χ1n) is 7.42. The molecular formula is C17H15Cl2NO6S. The number of rotatable bonds is 6. The molecule has 0 radical (unpaired) electrons. The van der Waals surface area contributed by atoms with Gasteiger partial charge in [-0.2, -0.15) is 0 Å². The van der Waals surface area contributed by atoms with Gasteiger partial charge in [-0.15, -0.1) is 0 Å². The number of hydrogen-bond acceptors (Lipinski definition) is 6. The maximum absolute atomic E-state index is 12.6. The van der Waals surface area contributed by atoms with Crippen LogP contribution in [0.25, 0.3) is 0 Å². The molecule has 0 amide bonds. The summed E-state index contributed by atoms with van der Waals surface area (Å²) in [6.07, 6.45) is 0. The molecule has 0 atom stereocenters. The monoisotopic (exact) mass is 431 g/mol. The zero-order valence-corrected chi connectivity index (χ0v) is 16.6. The topological polar surface area (TPSA) is 98.8 Å². The van der Waals surface area contributed by atoms with Crippen LogP contribution in [0.1, 0.15) is 26.3 Å². The predicted molar refractivity (Wildman–Crippen MR) is 102 cm³/mol. The summed E-state index contributed by atoms with van der Waals surface area (Å²) in [6.45, 7) is 0. The molecule has 144 valence electrons. The molecule has 0 saturated carbocycles. The summed E-state index contributed by atoms with van der Waals surface area (Å²) in [5.74, 6) is -2.00. The normalized spacial score (nSPS) is 11.0. The van der Waals surface area contributed by atoms with Crippen molar-refractivity contribution in [1.29, 1.82) is 0 Å². The fourth-order valence-electron chi connectivity index (χ4n) is 2.23. The highest BCUT2D eigenvalue weighted by atomic mass is 35.5. The zero-order valence-electron chi connectivity index (χ0n) is 14.3. The van der Waals surface area contributed by atoms with Crippen LogP contribution in [-0.4, -0.2) is 34.6 Å². The third-order valence-corrected chi connectivity index (χ3v) is 5.42. The van der Waals surface area contributed by atoms with Crippen molar-refractivity contribution in [1.82, 2.24) is 0 Å². The first-order valence-corrected chi connectivity index (χ1v) is 9.83. The molecule has 27 heavy (non-hydrogen) atoms. The second kappa shape index (κ2) is 8.60. The molecule has 0 aliphatic rings. The van der Waals surface area contributed by atoms with Crippen molar-refractivity contribution in [3.8, 4) is 0 Å². The molecule has 0 heterocycles. The Hall–Kier alpha value is -2.29. The number of carbonyl (C=O) groups is 2. The lowest BCUT2D eigenvalue weighted by Crippen LogP contribution is -2.19. The number of anilines is 1. The molecule has 0 aliphatic heterocycles. The van der Waals surface area contributed by atoms with Gasteiger partial charge in [0.15, 0.2) is 0 Å². The Morgan fingerprint density at radius 3 is 2.15 bits per heavy atom. The molecule has 0 unspecified atom stereocenters. The van der Waals surface area contributed by atoms with Gasteiger partial charge in [0.05, 0.1) is 36.8 Å². The highest BCUT2D eigenvalue weighted by molar-refractivity contribution is 7.91. The molecule has 7 nitrogen and oxygen atoms in total. The average molecular weight is 432 g/mol. The number of halogens is 2. The van der Waals surface area contributed by atoms with Gasteiger partial charge in [-0.3, -0.25) is 4.72 Å². The predicted octanol–water partition coefficient (Wildman–Crippen LogP) is 3.51. The van der Waals surface area contributed by atoms with E-state index < -0.39 is 27.7 Å². The van der Waals surface area contributed by atoms with E-state index >= 15 is 0 Å². The van der Waals surface area contributed by atoms with Crippen molar-refractivity contribution in [2.45, 2.75) is 5.75 Å². The Bertz CT molecular complexity index is 971. The van der Waals surface area contributed by atoms with Crippen LogP contribution in [0.4, 0.5) is 5.69 Å². The van der Waals surface area contributed by atoms with Crippen molar-refractivity contribution in [3.63, 3.8) is 0 Å². The molecule has 0 fully saturated rings. The Labute approximate surface area is 166 Å². The molecule has 0 aromatic heterocycles. The van der Waals surface area contributed by atoms with E-state index in [1.165, 1.54) is 37.4 Å². The lowest BCUT2D eigenvalue weighted by molar-refractivity contribution is 0.0587. The van der Waals surface area contributed by atoms with Crippen molar-refractivity contribution in [2.75, 3.05) is 18.9 Å². The molecule has 10 heteroatoms. The van der Waals surface area contributed by atoms with Gasteiger partial charge in [0.25, 0.3) is 0 Å². The third kappa shape index (κ3) is 5.12. The van der Waals surface area contributed by atoms with Gasteiger partial charge in [0.2, 0.25) is 10.0 Å². The van der Waals surface area contributed by atoms with E-state index in [9.17, 15) is 18.0 Å². The molecular weight excluding hydrogens is 417 g/mol.